The van der Waals surface area contributed by atoms with Crippen molar-refractivity contribution in [2.24, 2.45) is 0 Å². The van der Waals surface area contributed by atoms with Crippen molar-refractivity contribution in [3.63, 3.8) is 0 Å². The van der Waals surface area contributed by atoms with Gasteiger partial charge in [0, 0.05) is 18.8 Å². The zero-order chi connectivity index (χ0) is 12.6. The predicted octanol–water partition coefficient (Wildman–Crippen LogP) is 3.20. The average molecular weight is 249 g/mol. The third-order valence-corrected chi connectivity index (χ3v) is 3.35. The number of hydrogen-bond donors (Lipinski definition) is 1. The van der Waals surface area contributed by atoms with Gasteiger partial charge in [-0.25, -0.2) is 0 Å². The number of methoxy groups -OCH3 is 1. The summed E-state index contributed by atoms with van der Waals surface area (Å²) in [5, 5.41) is 3.60. The van der Waals surface area contributed by atoms with Crippen molar-refractivity contribution in [3.8, 4) is 0 Å². The Morgan fingerprint density at radius 3 is 2.83 bits per heavy atom. The first-order valence-electron chi connectivity index (χ1n) is 6.80. The zero-order valence-electron chi connectivity index (χ0n) is 11.2. The van der Waals surface area contributed by atoms with Gasteiger partial charge < -0.3 is 14.8 Å². The molecule has 1 N–H and O–H groups in total. The molecule has 2 rings (SSSR count). The summed E-state index contributed by atoms with van der Waals surface area (Å²) in [6.45, 7) is 1.96. The Morgan fingerprint density at radius 1 is 1.22 bits per heavy atom. The molecule has 3 nitrogen and oxygen atoms in total. The Morgan fingerprint density at radius 2 is 2.06 bits per heavy atom. The van der Waals surface area contributed by atoms with Gasteiger partial charge in [0.2, 0.25) is 0 Å². The molecule has 1 aromatic rings. The van der Waals surface area contributed by atoms with Crippen LogP contribution in [0.4, 0.5) is 5.69 Å². The largest absolute Gasteiger partial charge is 0.382 e. The van der Waals surface area contributed by atoms with E-state index in [-0.39, 0.29) is 0 Å². The lowest BCUT2D eigenvalue weighted by molar-refractivity contribution is 0.0617. The highest BCUT2D eigenvalue weighted by Gasteiger charge is 2.14. The summed E-state index contributed by atoms with van der Waals surface area (Å²) in [6, 6.07) is 9.18. The van der Waals surface area contributed by atoms with Gasteiger partial charge in [0.15, 0.2) is 0 Å². The molecule has 1 fully saturated rings. The molecule has 0 heterocycles. The van der Waals surface area contributed by atoms with E-state index in [1.54, 1.807) is 7.11 Å². The molecule has 1 aromatic carbocycles. The van der Waals surface area contributed by atoms with Crippen LogP contribution in [0.3, 0.4) is 0 Å². The Hall–Kier alpha value is -1.06. The highest BCUT2D eigenvalue weighted by molar-refractivity contribution is 5.46. The van der Waals surface area contributed by atoms with E-state index in [1.807, 2.05) is 0 Å². The molecule has 0 radical (unpaired) electrons. The van der Waals surface area contributed by atoms with Crippen molar-refractivity contribution in [2.45, 2.75) is 38.3 Å². The molecule has 0 unspecified atom stereocenters. The molecule has 0 spiro atoms. The van der Waals surface area contributed by atoms with Crippen molar-refractivity contribution in [2.75, 3.05) is 25.6 Å². The SMILES string of the molecule is COCCOCc1cccc(NC2CCCC2)c1. The van der Waals surface area contributed by atoms with Crippen molar-refractivity contribution in [1.82, 2.24) is 0 Å². The summed E-state index contributed by atoms with van der Waals surface area (Å²) >= 11 is 0. The first kappa shape index (κ1) is 13.4. The third kappa shape index (κ3) is 4.31. The first-order valence-corrected chi connectivity index (χ1v) is 6.80. The Balaban J connectivity index is 1.80. The van der Waals surface area contributed by atoms with Crippen molar-refractivity contribution in [3.05, 3.63) is 29.8 Å². The van der Waals surface area contributed by atoms with Gasteiger partial charge in [-0.15, -0.1) is 0 Å². The van der Waals surface area contributed by atoms with Gasteiger partial charge in [0.1, 0.15) is 0 Å². The monoisotopic (exact) mass is 249 g/mol. The van der Waals surface area contributed by atoms with Crippen molar-refractivity contribution >= 4 is 5.69 Å². The quantitative estimate of drug-likeness (QED) is 0.753. The lowest BCUT2D eigenvalue weighted by Crippen LogP contribution is -2.14. The van der Waals surface area contributed by atoms with Crippen molar-refractivity contribution < 1.29 is 9.47 Å². The van der Waals surface area contributed by atoms with E-state index in [1.165, 1.54) is 36.9 Å². The zero-order valence-corrected chi connectivity index (χ0v) is 11.2. The molecule has 0 aliphatic heterocycles. The summed E-state index contributed by atoms with van der Waals surface area (Å²) < 4.78 is 10.5. The number of anilines is 1. The molecule has 1 saturated carbocycles. The molecule has 1 aliphatic carbocycles. The molecule has 0 saturated heterocycles. The van der Waals surface area contributed by atoms with Crippen LogP contribution in [0.2, 0.25) is 0 Å². The van der Waals surface area contributed by atoms with Crippen LogP contribution in [-0.2, 0) is 16.1 Å². The van der Waals surface area contributed by atoms with Crippen molar-refractivity contribution in [1.29, 1.82) is 0 Å². The highest BCUT2D eigenvalue weighted by atomic mass is 16.5. The molecular weight excluding hydrogens is 226 g/mol. The number of rotatable bonds is 7. The third-order valence-electron chi connectivity index (χ3n) is 3.35. The van der Waals surface area contributed by atoms with Gasteiger partial charge in [-0.05, 0) is 30.5 Å². The molecule has 0 bridgehead atoms. The van der Waals surface area contributed by atoms with Crippen LogP contribution >= 0.6 is 0 Å². The highest BCUT2D eigenvalue weighted by Crippen LogP contribution is 2.22. The average Bonchev–Trinajstić information content (AvgIpc) is 2.88. The van der Waals surface area contributed by atoms with E-state index < -0.39 is 0 Å². The fourth-order valence-corrected chi connectivity index (χ4v) is 2.39. The molecular formula is C15H23NO2. The topological polar surface area (TPSA) is 30.5 Å². The van der Waals surface area contributed by atoms with E-state index in [0.717, 1.165) is 0 Å². The lowest BCUT2D eigenvalue weighted by atomic mass is 10.2. The molecule has 0 atom stereocenters. The predicted molar refractivity (Wildman–Crippen MR) is 73.9 cm³/mol. The first-order chi connectivity index (χ1) is 8.88. The van der Waals surface area contributed by atoms with E-state index in [9.17, 15) is 0 Å². The molecule has 3 heteroatoms. The smallest absolute Gasteiger partial charge is 0.0718 e. The van der Waals surface area contributed by atoms with Gasteiger partial charge in [-0.3, -0.25) is 0 Å². The second-order valence-electron chi connectivity index (χ2n) is 4.87. The summed E-state index contributed by atoms with van der Waals surface area (Å²) in [5.41, 5.74) is 2.43. The summed E-state index contributed by atoms with van der Waals surface area (Å²) in [6.07, 6.45) is 5.32. The van der Waals surface area contributed by atoms with Crippen LogP contribution < -0.4 is 5.32 Å². The standard InChI is InChI=1S/C15H23NO2/c1-17-9-10-18-12-13-5-4-8-15(11-13)16-14-6-2-3-7-14/h4-5,8,11,14,16H,2-3,6-7,9-10,12H2,1H3. The van der Waals surface area contributed by atoms with Crippen LogP contribution in [0.25, 0.3) is 0 Å². The van der Waals surface area contributed by atoms with E-state index >= 15 is 0 Å². The normalized spacial score (nSPS) is 16.1. The molecule has 100 valence electrons. The minimum atomic E-state index is 0.650. The Bertz CT molecular complexity index is 348. The second-order valence-corrected chi connectivity index (χ2v) is 4.87. The fraction of sp³-hybridized carbons (Fsp3) is 0.600. The van der Waals surface area contributed by atoms with Crippen LogP contribution in [0.5, 0.6) is 0 Å². The molecule has 0 aromatic heterocycles. The minimum Gasteiger partial charge on any atom is -0.382 e. The van der Waals surface area contributed by atoms with Gasteiger partial charge in [0.05, 0.1) is 19.8 Å². The molecule has 0 amide bonds. The second kappa shape index (κ2) is 7.39. The summed E-state index contributed by atoms with van der Waals surface area (Å²) in [5.74, 6) is 0. The minimum absolute atomic E-state index is 0.650. The van der Waals surface area contributed by atoms with Crippen LogP contribution in [0.1, 0.15) is 31.2 Å². The Labute approximate surface area is 109 Å². The fourth-order valence-electron chi connectivity index (χ4n) is 2.39. The Kier molecular flexibility index (Phi) is 5.49. The van der Waals surface area contributed by atoms with Crippen LogP contribution in [0.15, 0.2) is 24.3 Å². The number of hydrogen-bond acceptors (Lipinski definition) is 3. The van der Waals surface area contributed by atoms with Gasteiger partial charge in [0.25, 0.3) is 0 Å². The number of benzene rings is 1. The van der Waals surface area contributed by atoms with Gasteiger partial charge in [-0.1, -0.05) is 25.0 Å². The molecule has 1 aliphatic rings. The maximum atomic E-state index is 5.53. The molecule has 18 heavy (non-hydrogen) atoms. The van der Waals surface area contributed by atoms with Crippen LogP contribution in [0, 0.1) is 0 Å². The van der Waals surface area contributed by atoms with E-state index in [0.29, 0.717) is 25.9 Å². The van der Waals surface area contributed by atoms with E-state index in [4.69, 9.17) is 9.47 Å². The van der Waals surface area contributed by atoms with Crippen LogP contribution in [-0.4, -0.2) is 26.4 Å². The lowest BCUT2D eigenvalue weighted by Gasteiger charge is -2.14. The maximum absolute atomic E-state index is 5.53. The van der Waals surface area contributed by atoms with Gasteiger partial charge in [-0.2, -0.15) is 0 Å². The van der Waals surface area contributed by atoms with Gasteiger partial charge >= 0.3 is 0 Å². The summed E-state index contributed by atoms with van der Waals surface area (Å²) in [7, 11) is 1.69. The number of ether oxygens (including phenoxy) is 2. The van der Waals surface area contributed by atoms with E-state index in [2.05, 4.69) is 29.6 Å². The number of nitrogens with one attached hydrogen (secondary N) is 1. The maximum Gasteiger partial charge on any atom is 0.0718 e. The summed E-state index contributed by atoms with van der Waals surface area (Å²) in [4.78, 5) is 0.